The lowest BCUT2D eigenvalue weighted by atomic mass is 9.78. The molecule has 2 heterocycles. The van der Waals surface area contributed by atoms with E-state index < -0.39 is 17.8 Å². The molecule has 0 saturated carbocycles. The summed E-state index contributed by atoms with van der Waals surface area (Å²) in [7, 11) is 3.10. The molecule has 1 amide bonds. The number of nitrogens with one attached hydrogen (secondary N) is 1. The smallest absolute Gasteiger partial charge is 0.310 e. The molecule has 7 heteroatoms. The molecule has 3 rings (SSSR count). The Morgan fingerprint density at radius 1 is 1.17 bits per heavy atom. The van der Waals surface area contributed by atoms with Crippen molar-refractivity contribution in [3.8, 4) is 11.5 Å². The molecule has 24 heavy (non-hydrogen) atoms. The molecule has 2 unspecified atom stereocenters. The van der Waals surface area contributed by atoms with Gasteiger partial charge in [0.05, 0.1) is 38.3 Å². The van der Waals surface area contributed by atoms with Crippen molar-refractivity contribution in [2.45, 2.75) is 31.6 Å². The summed E-state index contributed by atoms with van der Waals surface area (Å²) in [6.45, 7) is 0.291. The SMILES string of the molecule is COc1ccc(CNC(=O)C2C(C(=O)O)[C@H]3CC[C@@H]2O3)cc1OC. The van der Waals surface area contributed by atoms with Gasteiger partial charge < -0.3 is 24.6 Å². The van der Waals surface area contributed by atoms with Crippen LogP contribution in [0.1, 0.15) is 18.4 Å². The molecule has 0 aromatic heterocycles. The van der Waals surface area contributed by atoms with Crippen molar-refractivity contribution in [1.29, 1.82) is 0 Å². The fourth-order valence-corrected chi connectivity index (χ4v) is 3.62. The van der Waals surface area contributed by atoms with Crippen molar-refractivity contribution in [3.63, 3.8) is 0 Å². The quantitative estimate of drug-likeness (QED) is 0.811. The standard InChI is InChI=1S/C17H21NO6/c1-22-10-4-3-9(7-13(10)23-2)8-18-16(19)14-11-5-6-12(24-11)15(14)17(20)21/h3-4,7,11-12,14-15H,5-6,8H2,1-2H3,(H,18,19)(H,20,21)/t11-,12+,14?,15?/m0/s1. The van der Waals surface area contributed by atoms with E-state index in [1.807, 2.05) is 6.07 Å². The Bertz CT molecular complexity index is 646. The number of fused-ring (bicyclic) bond motifs is 2. The third-order valence-corrected chi connectivity index (χ3v) is 4.78. The number of rotatable bonds is 6. The summed E-state index contributed by atoms with van der Waals surface area (Å²) < 4.78 is 16.0. The van der Waals surface area contributed by atoms with Gasteiger partial charge in [-0.3, -0.25) is 9.59 Å². The highest BCUT2D eigenvalue weighted by Gasteiger charge is 2.55. The van der Waals surface area contributed by atoms with Crippen LogP contribution in [-0.2, 0) is 20.9 Å². The number of hydrogen-bond donors (Lipinski definition) is 2. The van der Waals surface area contributed by atoms with Crippen LogP contribution in [0.2, 0.25) is 0 Å². The Morgan fingerprint density at radius 3 is 2.46 bits per heavy atom. The molecule has 7 nitrogen and oxygen atoms in total. The average molecular weight is 335 g/mol. The van der Waals surface area contributed by atoms with Crippen molar-refractivity contribution in [3.05, 3.63) is 23.8 Å². The first-order chi connectivity index (χ1) is 11.5. The van der Waals surface area contributed by atoms with Crippen LogP contribution in [0.3, 0.4) is 0 Å². The van der Waals surface area contributed by atoms with E-state index >= 15 is 0 Å². The number of methoxy groups -OCH3 is 2. The number of benzene rings is 1. The molecule has 2 aliphatic rings. The van der Waals surface area contributed by atoms with Gasteiger partial charge in [0.25, 0.3) is 0 Å². The summed E-state index contributed by atoms with van der Waals surface area (Å²) in [5.41, 5.74) is 0.844. The summed E-state index contributed by atoms with van der Waals surface area (Å²) >= 11 is 0. The van der Waals surface area contributed by atoms with Crippen molar-refractivity contribution < 1.29 is 28.9 Å². The van der Waals surface area contributed by atoms with Crippen molar-refractivity contribution in [2.75, 3.05) is 14.2 Å². The Labute approximate surface area is 139 Å². The summed E-state index contributed by atoms with van der Waals surface area (Å²) in [6, 6.07) is 5.37. The van der Waals surface area contributed by atoms with Crippen LogP contribution >= 0.6 is 0 Å². The predicted octanol–water partition coefficient (Wildman–Crippen LogP) is 1.20. The van der Waals surface area contributed by atoms with Gasteiger partial charge in [0.15, 0.2) is 11.5 Å². The summed E-state index contributed by atoms with van der Waals surface area (Å²) in [5.74, 6) is -1.43. The maximum absolute atomic E-state index is 12.5. The van der Waals surface area contributed by atoms with Gasteiger partial charge in [0.1, 0.15) is 0 Å². The van der Waals surface area contributed by atoms with E-state index in [9.17, 15) is 14.7 Å². The molecule has 2 bridgehead atoms. The van der Waals surface area contributed by atoms with Gasteiger partial charge in [-0.2, -0.15) is 0 Å². The van der Waals surface area contributed by atoms with E-state index in [0.717, 1.165) is 12.0 Å². The Kier molecular flexibility index (Phi) is 4.62. The van der Waals surface area contributed by atoms with Crippen molar-refractivity contribution >= 4 is 11.9 Å². The van der Waals surface area contributed by atoms with Crippen LogP contribution in [0.25, 0.3) is 0 Å². The molecule has 2 saturated heterocycles. The van der Waals surface area contributed by atoms with Gasteiger partial charge in [0.2, 0.25) is 5.91 Å². The average Bonchev–Trinajstić information content (AvgIpc) is 3.20. The highest BCUT2D eigenvalue weighted by atomic mass is 16.5. The topological polar surface area (TPSA) is 94.1 Å². The fraction of sp³-hybridized carbons (Fsp3) is 0.529. The maximum atomic E-state index is 12.5. The molecule has 130 valence electrons. The first kappa shape index (κ1) is 16.6. The van der Waals surface area contributed by atoms with Gasteiger partial charge in [-0.05, 0) is 30.5 Å². The molecule has 0 spiro atoms. The molecular formula is C17H21NO6. The van der Waals surface area contributed by atoms with E-state index in [1.165, 1.54) is 0 Å². The van der Waals surface area contributed by atoms with Crippen LogP contribution < -0.4 is 14.8 Å². The maximum Gasteiger partial charge on any atom is 0.310 e. The number of hydrogen-bond acceptors (Lipinski definition) is 5. The van der Waals surface area contributed by atoms with Crippen molar-refractivity contribution in [1.82, 2.24) is 5.32 Å². The largest absolute Gasteiger partial charge is 0.493 e. The first-order valence-electron chi connectivity index (χ1n) is 7.92. The third-order valence-electron chi connectivity index (χ3n) is 4.78. The molecule has 2 aliphatic heterocycles. The highest BCUT2D eigenvalue weighted by molar-refractivity contribution is 5.86. The minimum atomic E-state index is -0.964. The number of carbonyl (C=O) groups excluding carboxylic acids is 1. The lowest BCUT2D eigenvalue weighted by Gasteiger charge is -2.24. The van der Waals surface area contributed by atoms with E-state index in [-0.39, 0.29) is 18.1 Å². The second-order valence-electron chi connectivity index (χ2n) is 6.09. The molecule has 4 atom stereocenters. The number of amides is 1. The van der Waals surface area contributed by atoms with Crippen LogP contribution in [0.5, 0.6) is 11.5 Å². The third kappa shape index (κ3) is 2.91. The molecule has 2 N–H and O–H groups in total. The van der Waals surface area contributed by atoms with Gasteiger partial charge in [-0.25, -0.2) is 0 Å². The zero-order chi connectivity index (χ0) is 17.3. The minimum absolute atomic E-state index is 0.274. The van der Waals surface area contributed by atoms with E-state index in [2.05, 4.69) is 5.32 Å². The van der Waals surface area contributed by atoms with Gasteiger partial charge in [-0.1, -0.05) is 6.07 Å². The lowest BCUT2D eigenvalue weighted by molar-refractivity contribution is -0.147. The second kappa shape index (κ2) is 6.68. The highest BCUT2D eigenvalue weighted by Crippen LogP contribution is 2.43. The molecular weight excluding hydrogens is 314 g/mol. The van der Waals surface area contributed by atoms with Crippen LogP contribution in [0.15, 0.2) is 18.2 Å². The van der Waals surface area contributed by atoms with Gasteiger partial charge >= 0.3 is 5.97 Å². The Morgan fingerprint density at radius 2 is 1.83 bits per heavy atom. The number of carboxylic acid groups (broad SMARTS) is 1. The number of carboxylic acids is 1. The summed E-state index contributed by atoms with van der Waals surface area (Å²) in [4.78, 5) is 23.9. The van der Waals surface area contributed by atoms with Gasteiger partial charge in [-0.15, -0.1) is 0 Å². The second-order valence-corrected chi connectivity index (χ2v) is 6.09. The monoisotopic (exact) mass is 335 g/mol. The fourth-order valence-electron chi connectivity index (χ4n) is 3.62. The van der Waals surface area contributed by atoms with E-state index in [1.54, 1.807) is 26.4 Å². The van der Waals surface area contributed by atoms with Crippen LogP contribution in [0, 0.1) is 11.8 Å². The van der Waals surface area contributed by atoms with Crippen LogP contribution in [-0.4, -0.2) is 43.4 Å². The number of ether oxygens (including phenoxy) is 3. The lowest BCUT2D eigenvalue weighted by Crippen LogP contribution is -2.43. The predicted molar refractivity (Wildman–Crippen MR) is 83.9 cm³/mol. The Balaban J connectivity index is 1.66. The summed E-state index contributed by atoms with van der Waals surface area (Å²) in [6.07, 6.45) is 0.815. The molecule has 2 fully saturated rings. The number of carbonyl (C=O) groups is 2. The zero-order valence-electron chi connectivity index (χ0n) is 13.7. The van der Waals surface area contributed by atoms with Crippen LogP contribution in [0.4, 0.5) is 0 Å². The molecule has 0 aliphatic carbocycles. The zero-order valence-corrected chi connectivity index (χ0v) is 13.7. The van der Waals surface area contributed by atoms with Gasteiger partial charge in [0, 0.05) is 6.54 Å². The van der Waals surface area contributed by atoms with E-state index in [4.69, 9.17) is 14.2 Å². The first-order valence-corrected chi connectivity index (χ1v) is 7.92. The molecule has 0 radical (unpaired) electrons. The molecule has 1 aromatic carbocycles. The normalized spacial score (nSPS) is 27.8. The summed E-state index contributed by atoms with van der Waals surface area (Å²) in [5, 5.41) is 12.2. The van der Waals surface area contributed by atoms with E-state index in [0.29, 0.717) is 24.5 Å². The minimum Gasteiger partial charge on any atom is -0.493 e. The molecule has 1 aromatic rings. The van der Waals surface area contributed by atoms with Crippen molar-refractivity contribution in [2.24, 2.45) is 11.8 Å². The Hall–Kier alpha value is -2.28. The number of aliphatic carboxylic acids is 1.